The number of aliphatic hydroxyl groups excluding tert-OH is 1. The van der Waals surface area contributed by atoms with Gasteiger partial charge >= 0.3 is 0 Å². The van der Waals surface area contributed by atoms with E-state index in [1.165, 1.54) is 12.8 Å². The van der Waals surface area contributed by atoms with Crippen LogP contribution in [0.2, 0.25) is 0 Å². The Bertz CT molecular complexity index is 668. The maximum Gasteiger partial charge on any atom is 0.258 e. The third kappa shape index (κ3) is 3.14. The van der Waals surface area contributed by atoms with Crippen molar-refractivity contribution in [3.05, 3.63) is 40.4 Å². The first kappa shape index (κ1) is 14.2. The molecule has 21 heavy (non-hydrogen) atoms. The van der Waals surface area contributed by atoms with E-state index in [9.17, 15) is 9.90 Å². The van der Waals surface area contributed by atoms with E-state index in [-0.39, 0.29) is 18.2 Å². The number of benzene rings is 1. The van der Waals surface area contributed by atoms with Crippen molar-refractivity contribution in [2.75, 3.05) is 19.7 Å². The summed E-state index contributed by atoms with van der Waals surface area (Å²) in [6, 6.07) is 7.65. The molecule has 1 saturated heterocycles. The number of aromatic amines is 1. The van der Waals surface area contributed by atoms with Crippen LogP contribution < -0.4 is 5.56 Å². The fourth-order valence-electron chi connectivity index (χ4n) is 3.06. The summed E-state index contributed by atoms with van der Waals surface area (Å²) in [7, 11) is 0. The number of piperidine rings is 1. The normalized spacial score (nSPS) is 20.0. The third-order valence-electron chi connectivity index (χ3n) is 4.26. The van der Waals surface area contributed by atoms with Crippen LogP contribution in [-0.2, 0) is 6.42 Å². The van der Waals surface area contributed by atoms with Gasteiger partial charge in [-0.25, -0.2) is 4.98 Å². The van der Waals surface area contributed by atoms with Crippen LogP contribution >= 0.6 is 0 Å². The summed E-state index contributed by atoms with van der Waals surface area (Å²) in [5.74, 6) is 0.723. The van der Waals surface area contributed by atoms with Gasteiger partial charge in [0.25, 0.3) is 5.56 Å². The maximum atomic E-state index is 12.0. The Morgan fingerprint density at radius 3 is 3.05 bits per heavy atom. The van der Waals surface area contributed by atoms with Gasteiger partial charge in [-0.05, 0) is 31.5 Å². The zero-order valence-corrected chi connectivity index (χ0v) is 12.1. The molecule has 0 bridgehead atoms. The van der Waals surface area contributed by atoms with Gasteiger partial charge < -0.3 is 10.1 Å². The highest BCUT2D eigenvalue weighted by molar-refractivity contribution is 5.77. The lowest BCUT2D eigenvalue weighted by Gasteiger charge is -2.34. The van der Waals surface area contributed by atoms with E-state index in [4.69, 9.17) is 0 Å². The van der Waals surface area contributed by atoms with Crippen LogP contribution in [0.25, 0.3) is 10.9 Å². The molecule has 3 rings (SSSR count). The predicted molar refractivity (Wildman–Crippen MR) is 82.4 cm³/mol. The zero-order valence-electron chi connectivity index (χ0n) is 12.1. The Balaban J connectivity index is 1.74. The number of aliphatic hydroxyl groups is 1. The number of H-pyrrole nitrogens is 1. The fraction of sp³-hybridized carbons (Fsp3) is 0.500. The number of para-hydroxylation sites is 1. The SMILES string of the molecule is O=c1[nH]c(CCN2CCCCC2CO)nc2ccccc12. The minimum atomic E-state index is -0.0760. The van der Waals surface area contributed by atoms with E-state index in [1.54, 1.807) is 6.07 Å². The molecule has 1 aromatic carbocycles. The first-order valence-electron chi connectivity index (χ1n) is 7.61. The van der Waals surface area contributed by atoms with Gasteiger partial charge in [0.15, 0.2) is 0 Å². The van der Waals surface area contributed by atoms with Crippen molar-refractivity contribution in [1.29, 1.82) is 0 Å². The monoisotopic (exact) mass is 287 g/mol. The molecule has 1 unspecified atom stereocenters. The Morgan fingerprint density at radius 1 is 1.33 bits per heavy atom. The van der Waals surface area contributed by atoms with Crippen molar-refractivity contribution < 1.29 is 5.11 Å². The Labute approximate surface area is 123 Å². The van der Waals surface area contributed by atoms with Crippen molar-refractivity contribution >= 4 is 10.9 Å². The second kappa shape index (κ2) is 6.37. The lowest BCUT2D eigenvalue weighted by molar-refractivity contribution is 0.0909. The number of nitrogens with one attached hydrogen (secondary N) is 1. The van der Waals surface area contributed by atoms with Gasteiger partial charge in [0.05, 0.1) is 17.5 Å². The van der Waals surface area contributed by atoms with Crippen LogP contribution in [0, 0.1) is 0 Å². The van der Waals surface area contributed by atoms with Crippen molar-refractivity contribution in [3.63, 3.8) is 0 Å². The molecular formula is C16H21N3O2. The molecule has 1 aromatic heterocycles. The molecule has 0 radical (unpaired) electrons. The smallest absolute Gasteiger partial charge is 0.258 e. The molecule has 1 aliphatic heterocycles. The van der Waals surface area contributed by atoms with Gasteiger partial charge in [-0.15, -0.1) is 0 Å². The fourth-order valence-corrected chi connectivity index (χ4v) is 3.06. The van der Waals surface area contributed by atoms with Gasteiger partial charge in [0, 0.05) is 19.0 Å². The van der Waals surface area contributed by atoms with Crippen molar-refractivity contribution in [1.82, 2.24) is 14.9 Å². The first-order valence-corrected chi connectivity index (χ1v) is 7.61. The van der Waals surface area contributed by atoms with Crippen LogP contribution in [0.3, 0.4) is 0 Å². The van der Waals surface area contributed by atoms with Crippen LogP contribution in [0.1, 0.15) is 25.1 Å². The average molecular weight is 287 g/mol. The molecule has 1 fully saturated rings. The van der Waals surface area contributed by atoms with Crippen molar-refractivity contribution in [2.24, 2.45) is 0 Å². The molecule has 5 heteroatoms. The van der Waals surface area contributed by atoms with E-state index >= 15 is 0 Å². The third-order valence-corrected chi connectivity index (χ3v) is 4.26. The highest BCUT2D eigenvalue weighted by atomic mass is 16.3. The van der Waals surface area contributed by atoms with Gasteiger partial charge in [0.1, 0.15) is 5.82 Å². The van der Waals surface area contributed by atoms with Gasteiger partial charge in [-0.3, -0.25) is 9.69 Å². The maximum absolute atomic E-state index is 12.0. The number of fused-ring (bicyclic) bond motifs is 1. The summed E-state index contributed by atoms with van der Waals surface area (Å²) >= 11 is 0. The number of rotatable bonds is 4. The van der Waals surface area contributed by atoms with Crippen molar-refractivity contribution in [3.8, 4) is 0 Å². The van der Waals surface area contributed by atoms with Gasteiger partial charge in [-0.1, -0.05) is 18.6 Å². The Hall–Kier alpha value is -1.72. The highest BCUT2D eigenvalue weighted by Gasteiger charge is 2.21. The number of hydrogen-bond donors (Lipinski definition) is 2. The summed E-state index contributed by atoms with van der Waals surface area (Å²) in [5, 5.41) is 10.1. The number of nitrogens with zero attached hydrogens (tertiary/aromatic N) is 2. The minimum absolute atomic E-state index is 0.0760. The summed E-state index contributed by atoms with van der Waals surface area (Å²) in [5.41, 5.74) is 0.668. The molecule has 0 amide bonds. The topological polar surface area (TPSA) is 69.2 Å². The second-order valence-corrected chi connectivity index (χ2v) is 5.65. The quantitative estimate of drug-likeness (QED) is 0.889. The molecule has 2 N–H and O–H groups in total. The summed E-state index contributed by atoms with van der Waals surface area (Å²) in [4.78, 5) is 21.7. The van der Waals surface area contributed by atoms with Crippen LogP contribution in [-0.4, -0.2) is 45.7 Å². The second-order valence-electron chi connectivity index (χ2n) is 5.65. The highest BCUT2D eigenvalue weighted by Crippen LogP contribution is 2.16. The van der Waals surface area contributed by atoms with Gasteiger partial charge in [-0.2, -0.15) is 0 Å². The molecule has 2 aromatic rings. The van der Waals surface area contributed by atoms with E-state index in [1.807, 2.05) is 18.2 Å². The van der Waals surface area contributed by atoms with E-state index in [2.05, 4.69) is 14.9 Å². The summed E-state index contributed by atoms with van der Waals surface area (Å²) < 4.78 is 0. The van der Waals surface area contributed by atoms with E-state index in [0.29, 0.717) is 11.8 Å². The van der Waals surface area contributed by atoms with Crippen LogP contribution in [0.4, 0.5) is 0 Å². The lowest BCUT2D eigenvalue weighted by atomic mass is 10.0. The standard InChI is InChI=1S/C16H21N3O2/c20-11-12-5-3-4-9-19(12)10-8-15-17-14-7-2-1-6-13(14)16(21)18-15/h1-2,6-7,12,20H,3-5,8-11H2,(H,17,18,21). The Morgan fingerprint density at radius 2 is 2.19 bits per heavy atom. The molecule has 2 heterocycles. The predicted octanol–water partition coefficient (Wildman–Crippen LogP) is 1.31. The number of likely N-dealkylation sites (tertiary alicyclic amines) is 1. The molecule has 0 aliphatic carbocycles. The number of aromatic nitrogens is 2. The first-order chi connectivity index (χ1) is 10.3. The van der Waals surface area contributed by atoms with E-state index in [0.717, 1.165) is 30.9 Å². The van der Waals surface area contributed by atoms with E-state index < -0.39 is 0 Å². The lowest BCUT2D eigenvalue weighted by Crippen LogP contribution is -2.43. The molecule has 1 atom stereocenters. The average Bonchev–Trinajstić information content (AvgIpc) is 2.53. The Kier molecular flexibility index (Phi) is 4.31. The van der Waals surface area contributed by atoms with Crippen LogP contribution in [0.15, 0.2) is 29.1 Å². The molecule has 112 valence electrons. The van der Waals surface area contributed by atoms with Gasteiger partial charge in [0.2, 0.25) is 0 Å². The minimum Gasteiger partial charge on any atom is -0.395 e. The van der Waals surface area contributed by atoms with Crippen LogP contribution in [0.5, 0.6) is 0 Å². The largest absolute Gasteiger partial charge is 0.395 e. The molecule has 0 spiro atoms. The summed E-state index contributed by atoms with van der Waals surface area (Å²) in [6.07, 6.45) is 4.12. The number of hydrogen-bond acceptors (Lipinski definition) is 4. The zero-order chi connectivity index (χ0) is 14.7. The molecule has 5 nitrogen and oxygen atoms in total. The summed E-state index contributed by atoms with van der Waals surface area (Å²) in [6.45, 7) is 2.05. The molecule has 0 saturated carbocycles. The van der Waals surface area contributed by atoms with Crippen molar-refractivity contribution in [2.45, 2.75) is 31.7 Å². The molecular weight excluding hydrogens is 266 g/mol. The molecule has 1 aliphatic rings.